The summed E-state index contributed by atoms with van der Waals surface area (Å²) in [5.74, 6) is 1.19. The highest BCUT2D eigenvalue weighted by Gasteiger charge is 1.99. The molecule has 0 saturated carbocycles. The Morgan fingerprint density at radius 2 is 1.81 bits per heavy atom. The van der Waals surface area contributed by atoms with Crippen molar-refractivity contribution in [1.29, 1.82) is 0 Å². The van der Waals surface area contributed by atoms with Crippen LogP contribution in [0.15, 0.2) is 42.5 Å². The van der Waals surface area contributed by atoms with Crippen molar-refractivity contribution < 1.29 is 0 Å². The van der Waals surface area contributed by atoms with Crippen LogP contribution in [0.3, 0.4) is 0 Å². The van der Waals surface area contributed by atoms with Gasteiger partial charge >= 0.3 is 0 Å². The van der Waals surface area contributed by atoms with Crippen LogP contribution in [0.25, 0.3) is 11.3 Å². The Balaban J connectivity index is 2.27. The van der Waals surface area contributed by atoms with Crippen LogP contribution >= 0.6 is 11.6 Å². The van der Waals surface area contributed by atoms with Crippen LogP contribution in [0.2, 0.25) is 0 Å². The largest absolute Gasteiger partial charge is 0.384 e. The molecule has 0 fully saturated rings. The number of nitrogens with zero attached hydrogens (tertiary/aromatic N) is 1. The number of nitrogens with two attached hydrogens (primary N) is 1. The molecule has 0 bridgehead atoms. The third kappa shape index (κ3) is 2.52. The van der Waals surface area contributed by atoms with Gasteiger partial charge in [-0.15, -0.1) is 11.6 Å². The molecule has 0 saturated heterocycles. The smallest absolute Gasteiger partial charge is 0.124 e. The minimum absolute atomic E-state index is 0.544. The van der Waals surface area contributed by atoms with Gasteiger partial charge in [0.25, 0.3) is 0 Å². The molecule has 0 aliphatic carbocycles. The van der Waals surface area contributed by atoms with Gasteiger partial charge in [0.05, 0.1) is 5.69 Å². The zero-order chi connectivity index (χ0) is 11.4. The Morgan fingerprint density at radius 1 is 1.06 bits per heavy atom. The maximum Gasteiger partial charge on any atom is 0.124 e. The number of aromatic nitrogens is 1. The molecule has 1 aromatic heterocycles. The van der Waals surface area contributed by atoms with Gasteiger partial charge < -0.3 is 5.73 Å². The van der Waals surface area contributed by atoms with Crippen LogP contribution in [0.1, 0.15) is 5.56 Å². The number of nitrogen functional groups attached to an aromatic ring is 1. The summed E-state index contributed by atoms with van der Waals surface area (Å²) in [5, 5.41) is 0. The minimum atomic E-state index is 0.544. The second-order valence-corrected chi connectivity index (χ2v) is 3.96. The Hall–Kier alpha value is -1.54. The van der Waals surface area contributed by atoms with Crippen molar-refractivity contribution in [2.75, 3.05) is 11.6 Å². The van der Waals surface area contributed by atoms with Gasteiger partial charge in [0.15, 0.2) is 0 Å². The van der Waals surface area contributed by atoms with Gasteiger partial charge in [0.1, 0.15) is 5.82 Å². The van der Waals surface area contributed by atoms with Gasteiger partial charge in [0, 0.05) is 11.4 Å². The van der Waals surface area contributed by atoms with Gasteiger partial charge in [-0.05, 0) is 24.1 Å². The van der Waals surface area contributed by atoms with Gasteiger partial charge in [0.2, 0.25) is 0 Å². The molecular weight excluding hydrogens is 220 g/mol. The quantitative estimate of drug-likeness (QED) is 0.826. The first-order valence-corrected chi connectivity index (χ1v) is 5.71. The Morgan fingerprint density at radius 3 is 2.44 bits per heavy atom. The summed E-state index contributed by atoms with van der Waals surface area (Å²) >= 11 is 5.68. The number of alkyl halides is 1. The second kappa shape index (κ2) is 4.99. The molecule has 0 atom stereocenters. The highest BCUT2D eigenvalue weighted by atomic mass is 35.5. The molecule has 0 amide bonds. The molecule has 3 heteroatoms. The van der Waals surface area contributed by atoms with Gasteiger partial charge in [-0.3, -0.25) is 0 Å². The molecule has 0 aliphatic rings. The Bertz CT molecular complexity index is 466. The SMILES string of the molecule is Nc1cccc(-c2ccc(CCCl)cc2)n1. The van der Waals surface area contributed by atoms with Gasteiger partial charge in [-0.1, -0.05) is 30.3 Å². The van der Waals surface area contributed by atoms with Crippen LogP contribution in [-0.2, 0) is 6.42 Å². The van der Waals surface area contributed by atoms with Crippen molar-refractivity contribution in [3.63, 3.8) is 0 Å². The van der Waals surface area contributed by atoms with E-state index in [4.69, 9.17) is 17.3 Å². The second-order valence-electron chi connectivity index (χ2n) is 3.58. The standard InChI is InChI=1S/C13H13ClN2/c14-9-8-10-4-6-11(7-5-10)12-2-1-3-13(15)16-12/h1-7H,8-9H2,(H2,15,16). The van der Waals surface area contributed by atoms with Gasteiger partial charge in [-0.25, -0.2) is 4.98 Å². The molecular formula is C13H13ClN2. The van der Waals surface area contributed by atoms with Gasteiger partial charge in [-0.2, -0.15) is 0 Å². The van der Waals surface area contributed by atoms with Crippen LogP contribution in [-0.4, -0.2) is 10.9 Å². The third-order valence-corrected chi connectivity index (χ3v) is 2.59. The fourth-order valence-electron chi connectivity index (χ4n) is 1.56. The first-order chi connectivity index (χ1) is 7.79. The van der Waals surface area contributed by atoms with Crippen molar-refractivity contribution in [3.8, 4) is 11.3 Å². The fraction of sp³-hybridized carbons (Fsp3) is 0.154. The molecule has 0 spiro atoms. The molecule has 0 unspecified atom stereocenters. The minimum Gasteiger partial charge on any atom is -0.384 e. The number of pyridine rings is 1. The number of benzene rings is 1. The monoisotopic (exact) mass is 232 g/mol. The van der Waals surface area contributed by atoms with Crippen LogP contribution < -0.4 is 5.73 Å². The van der Waals surface area contributed by atoms with Crippen molar-refractivity contribution in [1.82, 2.24) is 4.98 Å². The summed E-state index contributed by atoms with van der Waals surface area (Å²) in [6.45, 7) is 0. The van der Waals surface area contributed by atoms with E-state index < -0.39 is 0 Å². The van der Waals surface area contributed by atoms with E-state index in [9.17, 15) is 0 Å². The molecule has 82 valence electrons. The van der Waals surface area contributed by atoms with Crippen molar-refractivity contribution in [2.24, 2.45) is 0 Å². The van der Waals surface area contributed by atoms with E-state index in [0.29, 0.717) is 11.7 Å². The van der Waals surface area contributed by atoms with E-state index >= 15 is 0 Å². The van der Waals surface area contributed by atoms with E-state index in [1.807, 2.05) is 24.3 Å². The highest BCUT2D eigenvalue weighted by Crippen LogP contribution is 2.18. The normalized spacial score (nSPS) is 10.3. The van der Waals surface area contributed by atoms with E-state index in [0.717, 1.165) is 17.7 Å². The summed E-state index contributed by atoms with van der Waals surface area (Å²) < 4.78 is 0. The summed E-state index contributed by atoms with van der Waals surface area (Å²) in [7, 11) is 0. The number of aryl methyl sites for hydroxylation is 1. The van der Waals surface area contributed by atoms with E-state index in [1.54, 1.807) is 6.07 Å². The van der Waals surface area contributed by atoms with Crippen LogP contribution in [0, 0.1) is 0 Å². The molecule has 16 heavy (non-hydrogen) atoms. The molecule has 2 rings (SSSR count). The topological polar surface area (TPSA) is 38.9 Å². The van der Waals surface area contributed by atoms with Crippen molar-refractivity contribution in [3.05, 3.63) is 48.0 Å². The first-order valence-electron chi connectivity index (χ1n) is 5.17. The molecule has 1 heterocycles. The Kier molecular flexibility index (Phi) is 3.42. The maximum absolute atomic E-state index is 5.68. The molecule has 0 aliphatic heterocycles. The van der Waals surface area contributed by atoms with Crippen molar-refractivity contribution >= 4 is 17.4 Å². The average Bonchev–Trinajstić information content (AvgIpc) is 2.30. The molecule has 2 nitrogen and oxygen atoms in total. The molecule has 0 radical (unpaired) electrons. The fourth-order valence-corrected chi connectivity index (χ4v) is 1.78. The summed E-state index contributed by atoms with van der Waals surface area (Å²) in [6, 6.07) is 13.9. The predicted molar refractivity (Wildman–Crippen MR) is 68.5 cm³/mol. The number of halogens is 1. The number of rotatable bonds is 3. The lowest BCUT2D eigenvalue weighted by Gasteiger charge is -2.03. The zero-order valence-electron chi connectivity index (χ0n) is 8.86. The first kappa shape index (κ1) is 11.0. The maximum atomic E-state index is 5.68. The number of hydrogen-bond donors (Lipinski definition) is 1. The molecule has 2 aromatic rings. The summed E-state index contributed by atoms with van der Waals surface area (Å²) in [4.78, 5) is 4.27. The Labute approximate surface area is 100 Å². The predicted octanol–water partition coefficient (Wildman–Crippen LogP) is 3.11. The number of anilines is 1. The lowest BCUT2D eigenvalue weighted by Crippen LogP contribution is -1.92. The lowest BCUT2D eigenvalue weighted by molar-refractivity contribution is 1.15. The number of hydrogen-bond acceptors (Lipinski definition) is 2. The van der Waals surface area contributed by atoms with Crippen LogP contribution in [0.4, 0.5) is 5.82 Å². The average molecular weight is 233 g/mol. The van der Waals surface area contributed by atoms with Crippen molar-refractivity contribution in [2.45, 2.75) is 6.42 Å². The van der Waals surface area contributed by atoms with E-state index in [-0.39, 0.29) is 0 Å². The lowest BCUT2D eigenvalue weighted by atomic mass is 10.1. The van der Waals surface area contributed by atoms with Crippen LogP contribution in [0.5, 0.6) is 0 Å². The summed E-state index contributed by atoms with van der Waals surface area (Å²) in [6.07, 6.45) is 0.895. The molecule has 2 N–H and O–H groups in total. The zero-order valence-corrected chi connectivity index (χ0v) is 9.61. The molecule has 1 aromatic carbocycles. The highest BCUT2D eigenvalue weighted by molar-refractivity contribution is 6.17. The van der Waals surface area contributed by atoms with E-state index in [2.05, 4.69) is 17.1 Å². The summed E-state index contributed by atoms with van der Waals surface area (Å²) in [5.41, 5.74) is 8.86. The third-order valence-electron chi connectivity index (χ3n) is 2.40. The van der Waals surface area contributed by atoms with E-state index in [1.165, 1.54) is 5.56 Å².